The second kappa shape index (κ2) is 6.16. The Morgan fingerprint density at radius 1 is 1.55 bits per heavy atom. The molecule has 0 aliphatic rings. The van der Waals surface area contributed by atoms with Crippen molar-refractivity contribution in [1.82, 2.24) is 0 Å². The lowest BCUT2D eigenvalue weighted by atomic mass is 10.1. The smallest absolute Gasteiger partial charge is 0.310 e. The highest BCUT2D eigenvalue weighted by molar-refractivity contribution is 5.71. The molecule has 3 heteroatoms. The molecule has 0 saturated carbocycles. The fourth-order valence-electron chi connectivity index (χ4n) is 0.810. The Morgan fingerprint density at radius 3 is 2.64 bits per heavy atom. The summed E-state index contributed by atoms with van der Waals surface area (Å²) in [5, 5.41) is 0. The van der Waals surface area contributed by atoms with E-state index < -0.39 is 0 Å². The molecule has 0 saturated heterocycles. The van der Waals surface area contributed by atoms with Crippen molar-refractivity contribution in [3.8, 4) is 0 Å². The van der Waals surface area contributed by atoms with Crippen molar-refractivity contribution in [2.24, 2.45) is 5.92 Å². The third kappa shape index (κ3) is 4.79. The third-order valence-electron chi connectivity index (χ3n) is 1.44. The maximum Gasteiger partial charge on any atom is 0.310 e. The largest absolute Gasteiger partial charge is 0.438 e. The number of rotatable bonds is 5. The zero-order chi connectivity index (χ0) is 8.69. The van der Waals surface area contributed by atoms with Gasteiger partial charge in [-0.1, -0.05) is 20.3 Å². The van der Waals surface area contributed by atoms with Crippen LogP contribution in [-0.2, 0) is 14.3 Å². The molecule has 0 aliphatic heterocycles. The van der Waals surface area contributed by atoms with Crippen molar-refractivity contribution in [3.05, 3.63) is 0 Å². The second-order valence-electron chi connectivity index (χ2n) is 2.56. The molecule has 11 heavy (non-hydrogen) atoms. The second-order valence-corrected chi connectivity index (χ2v) is 2.56. The maximum absolute atomic E-state index is 11.0. The van der Waals surface area contributed by atoms with Crippen LogP contribution >= 0.6 is 0 Å². The third-order valence-corrected chi connectivity index (χ3v) is 1.44. The molecule has 0 rings (SSSR count). The quantitative estimate of drug-likeness (QED) is 0.452. The number of esters is 1. The van der Waals surface area contributed by atoms with Gasteiger partial charge in [0.25, 0.3) is 0 Å². The Hall–Kier alpha value is -0.570. The first-order valence-electron chi connectivity index (χ1n) is 3.88. The van der Waals surface area contributed by atoms with Crippen molar-refractivity contribution in [2.75, 3.05) is 13.9 Å². The summed E-state index contributed by atoms with van der Waals surface area (Å²) in [6.07, 6.45) is 1.88. The Balaban J connectivity index is 3.47. The van der Waals surface area contributed by atoms with Crippen molar-refractivity contribution >= 4 is 5.97 Å². The van der Waals surface area contributed by atoms with Gasteiger partial charge in [0.2, 0.25) is 0 Å². The first-order chi connectivity index (χ1) is 5.22. The number of hydrogen-bond donors (Lipinski definition) is 0. The summed E-state index contributed by atoms with van der Waals surface area (Å²) in [5.74, 6) is -0.177. The van der Waals surface area contributed by atoms with Crippen LogP contribution in [0.2, 0.25) is 0 Å². The first kappa shape index (κ1) is 10.4. The molecule has 0 heterocycles. The lowest BCUT2D eigenvalue weighted by Gasteiger charge is -2.08. The van der Waals surface area contributed by atoms with Crippen molar-refractivity contribution < 1.29 is 14.3 Å². The van der Waals surface area contributed by atoms with E-state index in [2.05, 4.69) is 4.74 Å². The lowest BCUT2D eigenvalue weighted by Crippen LogP contribution is -2.15. The van der Waals surface area contributed by atoms with Gasteiger partial charge in [-0.3, -0.25) is 4.79 Å². The van der Waals surface area contributed by atoms with Gasteiger partial charge in [0.1, 0.15) is 0 Å². The summed E-state index contributed by atoms with van der Waals surface area (Å²) >= 11 is 0. The molecule has 0 fully saturated rings. The number of ether oxygens (including phenoxy) is 2. The van der Waals surface area contributed by atoms with E-state index in [0.29, 0.717) is 0 Å². The SMILES string of the molecule is CCCC(C)C(=O)OCOC. The van der Waals surface area contributed by atoms with Crippen molar-refractivity contribution in [3.63, 3.8) is 0 Å². The molecule has 0 amide bonds. The van der Waals surface area contributed by atoms with Gasteiger partial charge >= 0.3 is 5.97 Å². The van der Waals surface area contributed by atoms with Crippen LogP contribution in [-0.4, -0.2) is 19.9 Å². The molecule has 0 aromatic rings. The summed E-state index contributed by atoms with van der Waals surface area (Å²) in [6, 6.07) is 0. The van der Waals surface area contributed by atoms with Crippen molar-refractivity contribution in [1.29, 1.82) is 0 Å². The molecule has 0 radical (unpaired) electrons. The van der Waals surface area contributed by atoms with Crippen LogP contribution in [0.1, 0.15) is 26.7 Å². The predicted octanol–water partition coefficient (Wildman–Crippen LogP) is 1.57. The topological polar surface area (TPSA) is 35.5 Å². The molecule has 0 aromatic heterocycles. The van der Waals surface area contributed by atoms with Gasteiger partial charge < -0.3 is 9.47 Å². The van der Waals surface area contributed by atoms with Gasteiger partial charge in [-0.25, -0.2) is 0 Å². The molecule has 0 aromatic carbocycles. The van der Waals surface area contributed by atoms with Gasteiger partial charge in [-0.15, -0.1) is 0 Å². The zero-order valence-electron chi connectivity index (χ0n) is 7.42. The first-order valence-corrected chi connectivity index (χ1v) is 3.88. The molecule has 3 nitrogen and oxygen atoms in total. The lowest BCUT2D eigenvalue weighted by molar-refractivity contribution is -0.158. The number of hydrogen-bond acceptors (Lipinski definition) is 3. The van der Waals surface area contributed by atoms with E-state index in [4.69, 9.17) is 4.74 Å². The maximum atomic E-state index is 11.0. The van der Waals surface area contributed by atoms with E-state index in [9.17, 15) is 4.79 Å². The minimum Gasteiger partial charge on any atom is -0.438 e. The van der Waals surface area contributed by atoms with Crippen LogP contribution in [0.15, 0.2) is 0 Å². The zero-order valence-corrected chi connectivity index (χ0v) is 7.42. The highest BCUT2D eigenvalue weighted by Crippen LogP contribution is 2.06. The van der Waals surface area contributed by atoms with Crippen LogP contribution in [0.3, 0.4) is 0 Å². The fraction of sp³-hybridized carbons (Fsp3) is 0.875. The van der Waals surface area contributed by atoms with E-state index >= 15 is 0 Å². The van der Waals surface area contributed by atoms with Gasteiger partial charge in [0.15, 0.2) is 6.79 Å². The van der Waals surface area contributed by atoms with Gasteiger partial charge in [0.05, 0.1) is 5.92 Å². The Labute approximate surface area is 67.7 Å². The van der Waals surface area contributed by atoms with Crippen LogP contribution in [0, 0.1) is 5.92 Å². The van der Waals surface area contributed by atoms with E-state index in [1.807, 2.05) is 13.8 Å². The Bertz CT molecular complexity index is 112. The predicted molar refractivity (Wildman–Crippen MR) is 42.0 cm³/mol. The van der Waals surface area contributed by atoms with Crippen LogP contribution < -0.4 is 0 Å². The molecular weight excluding hydrogens is 144 g/mol. The number of carbonyl (C=O) groups excluding carboxylic acids is 1. The molecule has 0 aliphatic carbocycles. The van der Waals surface area contributed by atoms with Gasteiger partial charge in [0, 0.05) is 7.11 Å². The molecule has 0 bridgehead atoms. The molecule has 0 N–H and O–H groups in total. The summed E-state index contributed by atoms with van der Waals surface area (Å²) in [6.45, 7) is 3.97. The van der Waals surface area contributed by atoms with Crippen LogP contribution in [0.5, 0.6) is 0 Å². The fourth-order valence-corrected chi connectivity index (χ4v) is 0.810. The number of methoxy groups -OCH3 is 1. The average molecular weight is 160 g/mol. The molecular formula is C8H16O3. The van der Waals surface area contributed by atoms with Gasteiger partial charge in [-0.05, 0) is 6.42 Å². The highest BCUT2D eigenvalue weighted by atomic mass is 16.7. The van der Waals surface area contributed by atoms with Crippen LogP contribution in [0.25, 0.3) is 0 Å². The molecule has 1 unspecified atom stereocenters. The molecule has 66 valence electrons. The molecule has 0 spiro atoms. The minimum absolute atomic E-state index is 0.00449. The van der Waals surface area contributed by atoms with Gasteiger partial charge in [-0.2, -0.15) is 0 Å². The summed E-state index contributed by atoms with van der Waals surface area (Å²) in [4.78, 5) is 11.0. The Kier molecular flexibility index (Phi) is 5.84. The van der Waals surface area contributed by atoms with Crippen molar-refractivity contribution in [2.45, 2.75) is 26.7 Å². The van der Waals surface area contributed by atoms with E-state index in [1.165, 1.54) is 7.11 Å². The molecule has 1 atom stereocenters. The monoisotopic (exact) mass is 160 g/mol. The average Bonchev–Trinajstić information content (AvgIpc) is 2.00. The van der Waals surface area contributed by atoms with E-state index in [1.54, 1.807) is 0 Å². The normalized spacial score (nSPS) is 12.6. The number of carbonyl (C=O) groups is 1. The summed E-state index contributed by atoms with van der Waals surface area (Å²) < 4.78 is 9.34. The minimum atomic E-state index is -0.172. The van der Waals surface area contributed by atoms with Crippen LogP contribution in [0.4, 0.5) is 0 Å². The van der Waals surface area contributed by atoms with E-state index in [-0.39, 0.29) is 18.7 Å². The Morgan fingerprint density at radius 2 is 2.18 bits per heavy atom. The highest BCUT2D eigenvalue weighted by Gasteiger charge is 2.12. The summed E-state index contributed by atoms with van der Waals surface area (Å²) in [7, 11) is 1.50. The summed E-state index contributed by atoms with van der Waals surface area (Å²) in [5.41, 5.74) is 0. The standard InChI is InChI=1S/C8H16O3/c1-4-5-7(2)8(9)11-6-10-3/h7H,4-6H2,1-3H3. The van der Waals surface area contributed by atoms with E-state index in [0.717, 1.165) is 12.8 Å².